The lowest BCUT2D eigenvalue weighted by Crippen LogP contribution is -2.58. The number of rotatable bonds is 2. The van der Waals surface area contributed by atoms with Crippen LogP contribution in [0.4, 0.5) is 0 Å². The van der Waals surface area contributed by atoms with E-state index in [9.17, 15) is 0 Å². The second-order valence-corrected chi connectivity index (χ2v) is 4.59. The average molecular weight is 184 g/mol. The van der Waals surface area contributed by atoms with Crippen LogP contribution in [-0.4, -0.2) is 47.6 Å². The Balaban J connectivity index is 2.59. The second-order valence-electron chi connectivity index (χ2n) is 4.59. The molecule has 1 heterocycles. The average Bonchev–Trinajstić information content (AvgIpc) is 2.02. The predicted octanol–water partition coefficient (Wildman–Crippen LogP) is 1.81. The highest BCUT2D eigenvalue weighted by atomic mass is 15.3. The molecular weight excluding hydrogens is 160 g/mol. The maximum Gasteiger partial charge on any atom is 0.0200 e. The largest absolute Gasteiger partial charge is 0.301 e. The lowest BCUT2D eigenvalue weighted by Gasteiger charge is -2.46. The minimum Gasteiger partial charge on any atom is -0.301 e. The lowest BCUT2D eigenvalue weighted by atomic mass is 10.1. The number of hydrogen-bond donors (Lipinski definition) is 0. The van der Waals surface area contributed by atoms with Crippen molar-refractivity contribution in [1.82, 2.24) is 9.80 Å². The van der Waals surface area contributed by atoms with E-state index in [-0.39, 0.29) is 0 Å². The van der Waals surface area contributed by atoms with Crippen molar-refractivity contribution in [2.75, 3.05) is 19.6 Å². The zero-order valence-electron chi connectivity index (χ0n) is 9.75. The van der Waals surface area contributed by atoms with Gasteiger partial charge in [-0.25, -0.2) is 0 Å². The van der Waals surface area contributed by atoms with Gasteiger partial charge in [0, 0.05) is 31.2 Å². The van der Waals surface area contributed by atoms with Crippen LogP contribution >= 0.6 is 0 Å². The van der Waals surface area contributed by atoms with Crippen molar-refractivity contribution in [2.45, 2.75) is 52.7 Å². The van der Waals surface area contributed by atoms with Crippen LogP contribution in [0.1, 0.15) is 34.6 Å². The van der Waals surface area contributed by atoms with Gasteiger partial charge in [0.2, 0.25) is 0 Å². The molecule has 1 aliphatic rings. The van der Waals surface area contributed by atoms with Crippen molar-refractivity contribution in [3.05, 3.63) is 0 Å². The SMILES string of the molecule is CCN1CC(C)N(C(C)C)[C@H](C)C1. The van der Waals surface area contributed by atoms with Gasteiger partial charge in [0.25, 0.3) is 0 Å². The molecule has 1 fully saturated rings. The van der Waals surface area contributed by atoms with Crippen LogP contribution in [0.15, 0.2) is 0 Å². The Kier molecular flexibility index (Phi) is 3.74. The smallest absolute Gasteiger partial charge is 0.0200 e. The Morgan fingerprint density at radius 1 is 1.15 bits per heavy atom. The van der Waals surface area contributed by atoms with Gasteiger partial charge < -0.3 is 4.90 Å². The summed E-state index contributed by atoms with van der Waals surface area (Å²) in [4.78, 5) is 5.18. The molecule has 1 aliphatic heterocycles. The summed E-state index contributed by atoms with van der Waals surface area (Å²) in [7, 11) is 0. The summed E-state index contributed by atoms with van der Waals surface area (Å²) >= 11 is 0. The van der Waals surface area contributed by atoms with Gasteiger partial charge in [-0.05, 0) is 34.2 Å². The zero-order chi connectivity index (χ0) is 10.0. The second kappa shape index (κ2) is 4.43. The van der Waals surface area contributed by atoms with E-state index >= 15 is 0 Å². The van der Waals surface area contributed by atoms with Gasteiger partial charge in [0.05, 0.1) is 0 Å². The Morgan fingerprint density at radius 3 is 1.92 bits per heavy atom. The van der Waals surface area contributed by atoms with E-state index in [1.807, 2.05) is 0 Å². The molecule has 0 aromatic heterocycles. The highest BCUT2D eigenvalue weighted by Gasteiger charge is 2.29. The maximum absolute atomic E-state index is 2.63. The molecule has 0 radical (unpaired) electrons. The Morgan fingerprint density at radius 2 is 1.62 bits per heavy atom. The summed E-state index contributed by atoms with van der Waals surface area (Å²) < 4.78 is 0. The first kappa shape index (κ1) is 11.0. The molecule has 0 saturated carbocycles. The number of likely N-dealkylation sites (N-methyl/N-ethyl adjacent to an activating group) is 1. The van der Waals surface area contributed by atoms with Crippen molar-refractivity contribution < 1.29 is 0 Å². The van der Waals surface area contributed by atoms with Gasteiger partial charge in [-0.3, -0.25) is 4.90 Å². The summed E-state index contributed by atoms with van der Waals surface area (Å²) in [6.07, 6.45) is 0. The summed E-state index contributed by atoms with van der Waals surface area (Å²) in [6, 6.07) is 2.11. The fourth-order valence-electron chi connectivity index (χ4n) is 2.72. The summed E-state index contributed by atoms with van der Waals surface area (Å²) in [5.41, 5.74) is 0. The maximum atomic E-state index is 2.63. The molecule has 0 aromatic carbocycles. The molecule has 1 unspecified atom stereocenters. The molecule has 2 heteroatoms. The molecular formula is C11H24N2. The normalized spacial score (nSPS) is 32.8. The molecule has 2 atom stereocenters. The van der Waals surface area contributed by atoms with Crippen molar-refractivity contribution in [3.8, 4) is 0 Å². The first-order chi connectivity index (χ1) is 6.06. The van der Waals surface area contributed by atoms with E-state index in [0.29, 0.717) is 18.1 Å². The minimum absolute atomic E-state index is 0.684. The van der Waals surface area contributed by atoms with E-state index < -0.39 is 0 Å². The lowest BCUT2D eigenvalue weighted by molar-refractivity contribution is 0.0190. The van der Waals surface area contributed by atoms with Crippen LogP contribution in [0.3, 0.4) is 0 Å². The van der Waals surface area contributed by atoms with Crippen LogP contribution in [0.5, 0.6) is 0 Å². The van der Waals surface area contributed by atoms with Crippen molar-refractivity contribution >= 4 is 0 Å². The van der Waals surface area contributed by atoms with E-state index in [0.717, 1.165) is 0 Å². The highest BCUT2D eigenvalue weighted by molar-refractivity contribution is 4.86. The third kappa shape index (κ3) is 2.44. The van der Waals surface area contributed by atoms with Crippen molar-refractivity contribution in [2.24, 2.45) is 0 Å². The molecule has 0 amide bonds. The molecule has 0 N–H and O–H groups in total. The van der Waals surface area contributed by atoms with Gasteiger partial charge in [-0.15, -0.1) is 0 Å². The van der Waals surface area contributed by atoms with Gasteiger partial charge >= 0.3 is 0 Å². The highest BCUT2D eigenvalue weighted by Crippen LogP contribution is 2.17. The topological polar surface area (TPSA) is 6.48 Å². The van der Waals surface area contributed by atoms with E-state index in [4.69, 9.17) is 0 Å². The molecule has 0 aromatic rings. The van der Waals surface area contributed by atoms with Crippen LogP contribution < -0.4 is 0 Å². The molecule has 13 heavy (non-hydrogen) atoms. The summed E-state index contributed by atoms with van der Waals surface area (Å²) in [5, 5.41) is 0. The minimum atomic E-state index is 0.684. The molecule has 0 aliphatic carbocycles. The molecule has 1 saturated heterocycles. The van der Waals surface area contributed by atoms with Gasteiger partial charge in [0.1, 0.15) is 0 Å². The molecule has 78 valence electrons. The van der Waals surface area contributed by atoms with E-state index in [1.54, 1.807) is 0 Å². The first-order valence-corrected chi connectivity index (χ1v) is 5.56. The summed E-state index contributed by atoms with van der Waals surface area (Å²) in [6.45, 7) is 15.2. The quantitative estimate of drug-likeness (QED) is 0.646. The first-order valence-electron chi connectivity index (χ1n) is 5.56. The van der Waals surface area contributed by atoms with Crippen LogP contribution in [0.2, 0.25) is 0 Å². The fraction of sp³-hybridized carbons (Fsp3) is 1.00. The van der Waals surface area contributed by atoms with Gasteiger partial charge in [-0.1, -0.05) is 6.92 Å². The third-order valence-corrected chi connectivity index (χ3v) is 3.11. The monoisotopic (exact) mass is 184 g/mol. The Labute approximate surface area is 82.9 Å². The zero-order valence-corrected chi connectivity index (χ0v) is 9.75. The van der Waals surface area contributed by atoms with E-state index in [2.05, 4.69) is 44.4 Å². The molecule has 0 spiro atoms. The van der Waals surface area contributed by atoms with Gasteiger partial charge in [0.15, 0.2) is 0 Å². The number of nitrogens with zero attached hydrogens (tertiary/aromatic N) is 2. The number of hydrogen-bond acceptors (Lipinski definition) is 2. The van der Waals surface area contributed by atoms with Crippen molar-refractivity contribution in [3.63, 3.8) is 0 Å². The molecule has 2 nitrogen and oxygen atoms in total. The summed E-state index contributed by atoms with van der Waals surface area (Å²) in [5.74, 6) is 0. The third-order valence-electron chi connectivity index (χ3n) is 3.11. The van der Waals surface area contributed by atoms with Gasteiger partial charge in [-0.2, -0.15) is 0 Å². The predicted molar refractivity (Wildman–Crippen MR) is 58.0 cm³/mol. The molecule has 0 bridgehead atoms. The van der Waals surface area contributed by atoms with Crippen LogP contribution in [0, 0.1) is 0 Å². The van der Waals surface area contributed by atoms with Crippen LogP contribution in [-0.2, 0) is 0 Å². The Bertz CT molecular complexity index is 144. The van der Waals surface area contributed by atoms with Crippen molar-refractivity contribution in [1.29, 1.82) is 0 Å². The van der Waals surface area contributed by atoms with Crippen LogP contribution in [0.25, 0.3) is 0 Å². The van der Waals surface area contributed by atoms with E-state index in [1.165, 1.54) is 19.6 Å². The number of piperazine rings is 1. The molecule has 1 rings (SSSR count). The fourth-order valence-corrected chi connectivity index (χ4v) is 2.72. The Hall–Kier alpha value is -0.0800. The standard InChI is InChI=1S/C11H24N2/c1-6-12-7-10(4)13(9(2)3)11(5)8-12/h9-11H,6-8H2,1-5H3/t10-,11?/m1/s1.